The Morgan fingerprint density at radius 2 is 1.59 bits per heavy atom. The Kier molecular flexibility index (Phi) is 5.50. The van der Waals surface area contributed by atoms with Crippen molar-refractivity contribution in [2.45, 2.75) is 26.1 Å². The van der Waals surface area contributed by atoms with Crippen LogP contribution in [-0.4, -0.2) is 42.4 Å². The molecule has 2 atom stereocenters. The molecule has 0 spiro atoms. The number of ether oxygens (including phenoxy) is 2. The van der Waals surface area contributed by atoms with Crippen LogP contribution in [0.4, 0.5) is 5.82 Å². The molecule has 4 aromatic rings. The highest BCUT2D eigenvalue weighted by Crippen LogP contribution is 2.38. The van der Waals surface area contributed by atoms with Crippen molar-refractivity contribution in [3.8, 4) is 28.0 Å². The summed E-state index contributed by atoms with van der Waals surface area (Å²) in [6, 6.07) is 20.7. The molecule has 2 aromatic carbocycles. The molecule has 1 aliphatic heterocycles. The van der Waals surface area contributed by atoms with Gasteiger partial charge < -0.3 is 14.4 Å². The van der Waals surface area contributed by atoms with E-state index in [9.17, 15) is 0 Å². The Labute approximate surface area is 188 Å². The number of aromatic nitrogens is 2. The number of rotatable bonds is 4. The molecule has 2 aromatic heterocycles. The van der Waals surface area contributed by atoms with E-state index in [4.69, 9.17) is 19.4 Å². The molecule has 5 nitrogen and oxygen atoms in total. The normalized spacial score (nSPS) is 18.7. The van der Waals surface area contributed by atoms with Crippen LogP contribution in [0.3, 0.4) is 0 Å². The number of methoxy groups -OCH3 is 1. The predicted molar refractivity (Wildman–Crippen MR) is 129 cm³/mol. The molecule has 32 heavy (non-hydrogen) atoms. The maximum absolute atomic E-state index is 5.88. The highest BCUT2D eigenvalue weighted by molar-refractivity contribution is 6.00. The number of hydrogen-bond donors (Lipinski definition) is 0. The van der Waals surface area contributed by atoms with E-state index in [0.717, 1.165) is 57.8 Å². The highest BCUT2D eigenvalue weighted by atomic mass is 16.5. The van der Waals surface area contributed by atoms with Gasteiger partial charge in [-0.05, 0) is 37.6 Å². The molecule has 0 bridgehead atoms. The Morgan fingerprint density at radius 1 is 0.812 bits per heavy atom. The number of hydrogen-bond acceptors (Lipinski definition) is 5. The lowest BCUT2D eigenvalue weighted by atomic mass is 9.99. The van der Waals surface area contributed by atoms with Gasteiger partial charge in [0.25, 0.3) is 0 Å². The quantitative estimate of drug-likeness (QED) is 0.427. The summed E-state index contributed by atoms with van der Waals surface area (Å²) in [4.78, 5) is 11.9. The Morgan fingerprint density at radius 3 is 2.28 bits per heavy atom. The minimum Gasteiger partial charge on any atom is -0.495 e. The largest absolute Gasteiger partial charge is 0.495 e. The summed E-state index contributed by atoms with van der Waals surface area (Å²) in [5, 5.41) is 0.992. The van der Waals surface area contributed by atoms with E-state index in [1.165, 1.54) is 0 Å². The summed E-state index contributed by atoms with van der Waals surface area (Å²) in [7, 11) is 1.71. The van der Waals surface area contributed by atoms with Gasteiger partial charge in [-0.25, -0.2) is 4.98 Å². The number of anilines is 1. The van der Waals surface area contributed by atoms with Crippen molar-refractivity contribution in [1.29, 1.82) is 0 Å². The van der Waals surface area contributed by atoms with Crippen molar-refractivity contribution in [3.63, 3.8) is 0 Å². The molecule has 1 saturated heterocycles. The highest BCUT2D eigenvalue weighted by Gasteiger charge is 2.23. The third-order valence-electron chi connectivity index (χ3n) is 5.94. The fourth-order valence-electron chi connectivity index (χ4n) is 4.57. The first-order valence-corrected chi connectivity index (χ1v) is 11.0. The molecular formula is C27H27N3O2. The maximum atomic E-state index is 5.88. The van der Waals surface area contributed by atoms with Gasteiger partial charge in [-0.2, -0.15) is 0 Å². The van der Waals surface area contributed by atoms with Crippen LogP contribution < -0.4 is 9.64 Å². The first-order valence-electron chi connectivity index (χ1n) is 11.0. The van der Waals surface area contributed by atoms with Crippen LogP contribution in [0.2, 0.25) is 0 Å². The van der Waals surface area contributed by atoms with E-state index in [0.29, 0.717) is 0 Å². The van der Waals surface area contributed by atoms with E-state index in [2.05, 4.69) is 61.2 Å². The molecular weight excluding hydrogens is 398 g/mol. The molecule has 5 rings (SSSR count). The molecule has 1 unspecified atom stereocenters. The van der Waals surface area contributed by atoms with Gasteiger partial charge in [0.05, 0.1) is 24.8 Å². The lowest BCUT2D eigenvalue weighted by Crippen LogP contribution is -2.45. The van der Waals surface area contributed by atoms with Crippen LogP contribution in [0.5, 0.6) is 5.75 Å². The summed E-state index contributed by atoms with van der Waals surface area (Å²) >= 11 is 0. The zero-order valence-corrected chi connectivity index (χ0v) is 18.7. The first kappa shape index (κ1) is 20.5. The van der Waals surface area contributed by atoms with Crippen molar-refractivity contribution >= 4 is 16.7 Å². The SMILES string of the molecule is COc1c(-c2ccc(N3CC(C)O[C@H](C)C3)nc2)cnc2c(-c3ccccc3)cccc12. The average molecular weight is 426 g/mol. The monoisotopic (exact) mass is 425 g/mol. The standard InChI is InChI=1S/C27H27N3O2/c1-18-16-30(17-19(2)32-18)25-13-12-21(14-28-25)24-15-29-26-22(20-8-5-4-6-9-20)10-7-11-23(26)27(24)31-3/h4-15,18-19H,16-17H2,1-3H3/t18-,19?/m1/s1. The summed E-state index contributed by atoms with van der Waals surface area (Å²) < 4.78 is 11.7. The molecule has 1 fully saturated rings. The second kappa shape index (κ2) is 8.60. The molecule has 0 saturated carbocycles. The van der Waals surface area contributed by atoms with E-state index in [-0.39, 0.29) is 12.2 Å². The minimum absolute atomic E-state index is 0.198. The third kappa shape index (κ3) is 3.80. The van der Waals surface area contributed by atoms with E-state index >= 15 is 0 Å². The summed E-state index contributed by atoms with van der Waals surface area (Å²) in [6.45, 7) is 5.90. The second-order valence-electron chi connectivity index (χ2n) is 8.34. The summed E-state index contributed by atoms with van der Waals surface area (Å²) in [5.41, 5.74) is 5.09. The van der Waals surface area contributed by atoms with Gasteiger partial charge in [0.1, 0.15) is 11.6 Å². The number of pyridine rings is 2. The van der Waals surface area contributed by atoms with Crippen molar-refractivity contribution in [1.82, 2.24) is 9.97 Å². The number of morpholine rings is 1. The molecule has 3 heterocycles. The lowest BCUT2D eigenvalue weighted by Gasteiger charge is -2.36. The molecule has 5 heteroatoms. The summed E-state index contributed by atoms with van der Waals surface area (Å²) in [5.74, 6) is 1.78. The van der Waals surface area contributed by atoms with Crippen LogP contribution in [-0.2, 0) is 4.74 Å². The maximum Gasteiger partial charge on any atom is 0.137 e. The topological polar surface area (TPSA) is 47.5 Å². The third-order valence-corrected chi connectivity index (χ3v) is 5.94. The lowest BCUT2D eigenvalue weighted by molar-refractivity contribution is -0.00545. The van der Waals surface area contributed by atoms with Crippen LogP contribution in [0, 0.1) is 0 Å². The zero-order valence-electron chi connectivity index (χ0n) is 18.7. The van der Waals surface area contributed by atoms with E-state index in [1.807, 2.05) is 30.6 Å². The smallest absolute Gasteiger partial charge is 0.137 e. The molecule has 1 aliphatic rings. The van der Waals surface area contributed by atoms with Gasteiger partial charge in [0, 0.05) is 47.6 Å². The van der Waals surface area contributed by atoms with Gasteiger partial charge in [-0.1, -0.05) is 42.5 Å². The Hall–Kier alpha value is -3.44. The second-order valence-corrected chi connectivity index (χ2v) is 8.34. The van der Waals surface area contributed by atoms with Gasteiger partial charge in [-0.15, -0.1) is 0 Å². The summed E-state index contributed by atoms with van der Waals surface area (Å²) in [6.07, 6.45) is 4.20. The van der Waals surface area contributed by atoms with E-state index in [1.54, 1.807) is 7.11 Å². The Balaban J connectivity index is 1.53. The van der Waals surface area contributed by atoms with Gasteiger partial charge in [0.15, 0.2) is 0 Å². The van der Waals surface area contributed by atoms with Gasteiger partial charge in [-0.3, -0.25) is 4.98 Å². The van der Waals surface area contributed by atoms with E-state index < -0.39 is 0 Å². The fraction of sp³-hybridized carbons (Fsp3) is 0.259. The number of fused-ring (bicyclic) bond motifs is 1. The molecule has 0 N–H and O–H groups in total. The van der Waals surface area contributed by atoms with Crippen LogP contribution in [0.15, 0.2) is 73.1 Å². The molecule has 0 radical (unpaired) electrons. The van der Waals surface area contributed by atoms with Crippen molar-refractivity contribution in [3.05, 3.63) is 73.1 Å². The molecule has 162 valence electrons. The molecule has 0 aliphatic carbocycles. The number of benzene rings is 2. The zero-order chi connectivity index (χ0) is 22.1. The van der Waals surface area contributed by atoms with Crippen molar-refractivity contribution in [2.75, 3.05) is 25.1 Å². The first-order chi connectivity index (χ1) is 15.6. The van der Waals surface area contributed by atoms with Crippen LogP contribution in [0.25, 0.3) is 33.2 Å². The fourth-order valence-corrected chi connectivity index (χ4v) is 4.57. The van der Waals surface area contributed by atoms with Crippen molar-refractivity contribution in [2.24, 2.45) is 0 Å². The average Bonchev–Trinajstić information content (AvgIpc) is 2.83. The predicted octanol–water partition coefficient (Wildman–Crippen LogP) is 5.59. The van der Waals surface area contributed by atoms with Crippen LogP contribution in [0.1, 0.15) is 13.8 Å². The van der Waals surface area contributed by atoms with Gasteiger partial charge in [0.2, 0.25) is 0 Å². The van der Waals surface area contributed by atoms with Gasteiger partial charge >= 0.3 is 0 Å². The molecule has 0 amide bonds. The number of para-hydroxylation sites is 1. The van der Waals surface area contributed by atoms with Crippen molar-refractivity contribution < 1.29 is 9.47 Å². The minimum atomic E-state index is 0.198. The van der Waals surface area contributed by atoms with Crippen LogP contribution >= 0.6 is 0 Å². The Bertz CT molecular complexity index is 1220. The number of nitrogens with zero attached hydrogens (tertiary/aromatic N) is 3.